The molecule has 0 saturated heterocycles. The van der Waals surface area contributed by atoms with Crippen LogP contribution in [0.15, 0.2) is 70.7 Å². The summed E-state index contributed by atoms with van der Waals surface area (Å²) in [5.74, 6) is -0.776. The van der Waals surface area contributed by atoms with E-state index < -0.39 is 5.97 Å². The van der Waals surface area contributed by atoms with E-state index in [1.54, 1.807) is 36.4 Å². The van der Waals surface area contributed by atoms with Crippen LogP contribution in [0.5, 0.6) is 5.75 Å². The number of aromatic carboxylic acids is 1. The largest absolute Gasteiger partial charge is 0.486 e. The molecule has 0 atom stereocenters. The monoisotopic (exact) mass is 522 g/mol. The first-order valence-corrected chi connectivity index (χ1v) is 11.6. The number of nitrogens with zero attached hydrogens (tertiary/aromatic N) is 1. The first-order valence-electron chi connectivity index (χ1n) is 9.46. The van der Waals surface area contributed by atoms with Crippen molar-refractivity contribution in [2.45, 2.75) is 11.5 Å². The van der Waals surface area contributed by atoms with E-state index in [4.69, 9.17) is 44.6 Å². The Labute approximate surface area is 209 Å². The molecule has 0 fully saturated rings. The van der Waals surface area contributed by atoms with Crippen molar-refractivity contribution in [1.82, 2.24) is 5.43 Å². The van der Waals surface area contributed by atoms with E-state index in [1.165, 1.54) is 30.1 Å². The van der Waals surface area contributed by atoms with Gasteiger partial charge in [0.1, 0.15) is 6.61 Å². The molecule has 3 aromatic carbocycles. The molecule has 0 aliphatic rings. The minimum absolute atomic E-state index is 0.161. The third kappa shape index (κ3) is 7.68. The Morgan fingerprint density at radius 2 is 1.64 bits per heavy atom. The average molecular weight is 524 g/mol. The number of carboxylic acids is 1. The molecule has 0 aliphatic heterocycles. The number of ether oxygens (including phenoxy) is 1. The van der Waals surface area contributed by atoms with E-state index in [2.05, 4.69) is 10.5 Å². The Balaban J connectivity index is 1.53. The Morgan fingerprint density at radius 1 is 1.00 bits per heavy atom. The molecule has 0 bridgehead atoms. The number of nitrogens with one attached hydrogen (secondary N) is 1. The van der Waals surface area contributed by atoms with Crippen molar-refractivity contribution in [3.8, 4) is 5.75 Å². The van der Waals surface area contributed by atoms with Gasteiger partial charge in [-0.15, -0.1) is 11.8 Å². The molecule has 0 aromatic heterocycles. The molecule has 1 amide bonds. The predicted octanol–water partition coefficient (Wildman–Crippen LogP) is 6.17. The molecule has 3 rings (SSSR count). The molecule has 0 saturated carbocycles. The number of carbonyl (C=O) groups is 2. The highest BCUT2D eigenvalue weighted by Gasteiger charge is 2.10. The number of hydrogen-bond donors (Lipinski definition) is 2. The predicted molar refractivity (Wildman–Crippen MR) is 132 cm³/mol. The molecule has 0 unspecified atom stereocenters. The maximum atomic E-state index is 12.0. The number of amides is 1. The Bertz CT molecular complexity index is 1150. The molecule has 0 heterocycles. The second kappa shape index (κ2) is 12.0. The zero-order valence-corrected chi connectivity index (χ0v) is 20.0. The van der Waals surface area contributed by atoms with Gasteiger partial charge in [-0.25, -0.2) is 10.2 Å². The van der Waals surface area contributed by atoms with Gasteiger partial charge in [0.25, 0.3) is 0 Å². The summed E-state index contributed by atoms with van der Waals surface area (Å²) in [4.78, 5) is 23.8. The molecular formula is C23H17Cl3N2O4S. The SMILES string of the molecule is O=C(CSc1ccc(Cl)cc1)N/N=C\c1cc(Cl)c(OCc2ccc(C(=O)O)cc2)c(Cl)c1. The molecule has 3 aromatic rings. The van der Waals surface area contributed by atoms with Gasteiger partial charge in [0, 0.05) is 9.92 Å². The van der Waals surface area contributed by atoms with Crippen molar-refractivity contribution in [1.29, 1.82) is 0 Å². The fourth-order valence-corrected chi connectivity index (χ4v) is 4.01. The van der Waals surface area contributed by atoms with E-state index in [0.717, 1.165) is 10.5 Å². The van der Waals surface area contributed by atoms with Gasteiger partial charge >= 0.3 is 5.97 Å². The van der Waals surface area contributed by atoms with Crippen molar-refractivity contribution in [3.05, 3.63) is 92.4 Å². The minimum atomic E-state index is -0.998. The van der Waals surface area contributed by atoms with Crippen LogP contribution in [0.4, 0.5) is 0 Å². The van der Waals surface area contributed by atoms with E-state index in [0.29, 0.717) is 16.3 Å². The van der Waals surface area contributed by atoms with Gasteiger partial charge in [-0.2, -0.15) is 5.10 Å². The molecule has 6 nitrogen and oxygen atoms in total. The molecule has 0 spiro atoms. The highest BCUT2D eigenvalue weighted by Crippen LogP contribution is 2.34. The number of benzene rings is 3. The van der Waals surface area contributed by atoms with Crippen LogP contribution in [-0.2, 0) is 11.4 Å². The average Bonchev–Trinajstić information content (AvgIpc) is 2.78. The second-order valence-corrected chi connectivity index (χ2v) is 8.94. The Kier molecular flexibility index (Phi) is 9.03. The highest BCUT2D eigenvalue weighted by molar-refractivity contribution is 8.00. The summed E-state index contributed by atoms with van der Waals surface area (Å²) in [5.41, 5.74) is 3.98. The molecular weight excluding hydrogens is 507 g/mol. The number of carboxylic acid groups (broad SMARTS) is 1. The second-order valence-electron chi connectivity index (χ2n) is 6.64. The van der Waals surface area contributed by atoms with Gasteiger partial charge in [0.15, 0.2) is 5.75 Å². The van der Waals surface area contributed by atoms with Crippen LogP contribution in [0, 0.1) is 0 Å². The third-order valence-corrected chi connectivity index (χ3v) is 6.02. The van der Waals surface area contributed by atoms with Crippen molar-refractivity contribution < 1.29 is 19.4 Å². The van der Waals surface area contributed by atoms with E-state index in [1.807, 2.05) is 12.1 Å². The minimum Gasteiger partial charge on any atom is -0.486 e. The van der Waals surface area contributed by atoms with Gasteiger partial charge in [0.2, 0.25) is 5.91 Å². The van der Waals surface area contributed by atoms with E-state index >= 15 is 0 Å². The fourth-order valence-electron chi connectivity index (χ4n) is 2.58. The van der Waals surface area contributed by atoms with Crippen molar-refractivity contribution in [2.24, 2.45) is 5.10 Å². The lowest BCUT2D eigenvalue weighted by Gasteiger charge is -2.11. The molecule has 0 radical (unpaired) electrons. The number of hydrogen-bond acceptors (Lipinski definition) is 5. The molecule has 33 heavy (non-hydrogen) atoms. The zero-order chi connectivity index (χ0) is 23.8. The van der Waals surface area contributed by atoms with Gasteiger partial charge in [0.05, 0.1) is 27.6 Å². The summed E-state index contributed by atoms with van der Waals surface area (Å²) < 4.78 is 5.70. The number of carbonyl (C=O) groups excluding carboxylic acids is 1. The quantitative estimate of drug-likeness (QED) is 0.199. The Hall–Kier alpha value is -2.71. The number of rotatable bonds is 9. The van der Waals surface area contributed by atoms with Crippen LogP contribution in [0.25, 0.3) is 0 Å². The number of hydrazone groups is 1. The number of thioether (sulfide) groups is 1. The van der Waals surface area contributed by atoms with Gasteiger partial charge in [-0.05, 0) is 59.7 Å². The maximum absolute atomic E-state index is 12.0. The van der Waals surface area contributed by atoms with Crippen LogP contribution in [-0.4, -0.2) is 29.0 Å². The molecule has 0 aliphatic carbocycles. The molecule has 2 N–H and O–H groups in total. The van der Waals surface area contributed by atoms with Gasteiger partial charge < -0.3 is 9.84 Å². The number of halogens is 3. The van der Waals surface area contributed by atoms with Crippen molar-refractivity contribution in [2.75, 3.05) is 5.75 Å². The standard InChI is InChI=1S/C23H17Cl3N2O4S/c24-17-5-7-18(8-6-17)33-13-21(29)28-27-11-15-9-19(25)22(20(26)10-15)32-12-14-1-3-16(4-2-14)23(30)31/h1-11H,12-13H2,(H,28,29)(H,30,31)/b27-11-. The first kappa shape index (κ1) is 24.9. The van der Waals surface area contributed by atoms with Crippen LogP contribution in [0.2, 0.25) is 15.1 Å². The van der Waals surface area contributed by atoms with Crippen LogP contribution >= 0.6 is 46.6 Å². The Morgan fingerprint density at radius 3 is 2.24 bits per heavy atom. The molecule has 10 heteroatoms. The summed E-state index contributed by atoms with van der Waals surface area (Å²) in [5, 5.41) is 14.1. The maximum Gasteiger partial charge on any atom is 0.335 e. The summed E-state index contributed by atoms with van der Waals surface area (Å²) in [6.45, 7) is 0.161. The van der Waals surface area contributed by atoms with Crippen molar-refractivity contribution >= 4 is 64.7 Å². The normalized spacial score (nSPS) is 10.9. The fraction of sp³-hybridized carbons (Fsp3) is 0.0870. The summed E-state index contributed by atoms with van der Waals surface area (Å²) in [7, 11) is 0. The van der Waals surface area contributed by atoms with Crippen LogP contribution in [0.3, 0.4) is 0 Å². The van der Waals surface area contributed by atoms with Gasteiger partial charge in [-0.3, -0.25) is 4.79 Å². The third-order valence-electron chi connectivity index (χ3n) is 4.19. The highest BCUT2D eigenvalue weighted by atomic mass is 35.5. The topological polar surface area (TPSA) is 88.0 Å². The summed E-state index contributed by atoms with van der Waals surface area (Å²) >= 11 is 19.8. The first-order chi connectivity index (χ1) is 15.8. The summed E-state index contributed by atoms with van der Waals surface area (Å²) in [6, 6.07) is 16.7. The smallest absolute Gasteiger partial charge is 0.335 e. The van der Waals surface area contributed by atoms with Crippen molar-refractivity contribution in [3.63, 3.8) is 0 Å². The lowest BCUT2D eigenvalue weighted by molar-refractivity contribution is -0.118. The lowest BCUT2D eigenvalue weighted by atomic mass is 10.1. The van der Waals surface area contributed by atoms with Gasteiger partial charge in [-0.1, -0.05) is 46.9 Å². The van der Waals surface area contributed by atoms with Crippen LogP contribution < -0.4 is 10.2 Å². The van der Waals surface area contributed by atoms with E-state index in [9.17, 15) is 9.59 Å². The lowest BCUT2D eigenvalue weighted by Crippen LogP contribution is -2.19. The molecule has 170 valence electrons. The summed E-state index contributed by atoms with van der Waals surface area (Å²) in [6.07, 6.45) is 1.43. The van der Waals surface area contributed by atoms with E-state index in [-0.39, 0.29) is 33.9 Å². The van der Waals surface area contributed by atoms with Crippen LogP contribution in [0.1, 0.15) is 21.5 Å². The zero-order valence-electron chi connectivity index (χ0n) is 16.9.